The summed E-state index contributed by atoms with van der Waals surface area (Å²) in [5.41, 5.74) is 0.930. The van der Waals surface area contributed by atoms with Crippen molar-refractivity contribution in [2.75, 3.05) is 6.61 Å². The Kier molecular flexibility index (Phi) is 4.80. The number of carbonyl (C=O) groups excluding carboxylic acids is 1. The summed E-state index contributed by atoms with van der Waals surface area (Å²) in [6, 6.07) is 3.20. The second-order valence-electron chi connectivity index (χ2n) is 5.34. The lowest BCUT2D eigenvalue weighted by Crippen LogP contribution is -2.15. The molecule has 25 heavy (non-hydrogen) atoms. The molecule has 0 saturated heterocycles. The Labute approximate surface area is 147 Å². The third-order valence-corrected chi connectivity index (χ3v) is 4.80. The molecule has 0 aromatic carbocycles. The van der Waals surface area contributed by atoms with Gasteiger partial charge < -0.3 is 14.5 Å². The number of thiophene rings is 1. The minimum Gasteiger partial charge on any atom is -0.477 e. The minimum absolute atomic E-state index is 0.138. The van der Waals surface area contributed by atoms with E-state index in [2.05, 4.69) is 15.0 Å². The molecule has 1 N–H and O–H groups in total. The molecule has 8 heteroatoms. The first-order valence-corrected chi connectivity index (χ1v) is 8.56. The molecule has 130 valence electrons. The lowest BCUT2D eigenvalue weighted by molar-refractivity contribution is 0.0457. The summed E-state index contributed by atoms with van der Waals surface area (Å²) in [4.78, 5) is 37.2. The average Bonchev–Trinajstić information content (AvgIpc) is 2.88. The van der Waals surface area contributed by atoms with Crippen LogP contribution < -0.4 is 10.3 Å². The maximum atomic E-state index is 12.3. The van der Waals surface area contributed by atoms with Crippen LogP contribution in [0.15, 0.2) is 23.1 Å². The molecule has 0 unspecified atom stereocenters. The molecule has 3 rings (SSSR count). The predicted molar refractivity (Wildman–Crippen MR) is 94.2 cm³/mol. The summed E-state index contributed by atoms with van der Waals surface area (Å²) < 4.78 is 10.6. The zero-order valence-corrected chi connectivity index (χ0v) is 14.9. The maximum absolute atomic E-state index is 12.3. The maximum Gasteiger partial charge on any atom is 0.344 e. The van der Waals surface area contributed by atoms with Crippen molar-refractivity contribution in [2.45, 2.75) is 27.4 Å². The number of aromatic nitrogens is 3. The SMILES string of the molecule is CCOc1ncccc1C(=O)OCc1nc2sc(C)c(C)c2c(=O)[nH]1. The summed E-state index contributed by atoms with van der Waals surface area (Å²) in [5, 5.41) is 0.587. The van der Waals surface area contributed by atoms with Gasteiger partial charge in [0, 0.05) is 11.1 Å². The topological polar surface area (TPSA) is 94.2 Å². The summed E-state index contributed by atoms with van der Waals surface area (Å²) in [6.07, 6.45) is 1.54. The molecule has 0 bridgehead atoms. The van der Waals surface area contributed by atoms with E-state index in [0.717, 1.165) is 10.4 Å². The van der Waals surface area contributed by atoms with Gasteiger partial charge in [0.05, 0.1) is 12.0 Å². The van der Waals surface area contributed by atoms with Crippen LogP contribution in [-0.4, -0.2) is 27.5 Å². The van der Waals surface area contributed by atoms with Gasteiger partial charge in [0.15, 0.2) is 0 Å². The van der Waals surface area contributed by atoms with E-state index in [9.17, 15) is 9.59 Å². The molecule has 0 fully saturated rings. The fourth-order valence-electron chi connectivity index (χ4n) is 2.38. The Morgan fingerprint density at radius 1 is 1.36 bits per heavy atom. The number of nitrogens with one attached hydrogen (secondary N) is 1. The molecule has 3 aromatic heterocycles. The largest absolute Gasteiger partial charge is 0.477 e. The second-order valence-corrected chi connectivity index (χ2v) is 6.54. The van der Waals surface area contributed by atoms with E-state index in [1.807, 2.05) is 13.8 Å². The van der Waals surface area contributed by atoms with Gasteiger partial charge in [-0.25, -0.2) is 14.8 Å². The van der Waals surface area contributed by atoms with Crippen molar-refractivity contribution in [3.63, 3.8) is 0 Å². The molecular weight excluding hydrogens is 342 g/mol. The summed E-state index contributed by atoms with van der Waals surface area (Å²) in [5.74, 6) is -0.0665. The number of nitrogens with zero attached hydrogens (tertiary/aromatic N) is 2. The molecule has 0 atom stereocenters. The lowest BCUT2D eigenvalue weighted by Gasteiger charge is -2.08. The van der Waals surface area contributed by atoms with Crippen molar-refractivity contribution in [2.24, 2.45) is 0 Å². The molecular formula is C17H17N3O4S. The van der Waals surface area contributed by atoms with Crippen molar-refractivity contribution >= 4 is 27.5 Å². The molecule has 0 radical (unpaired) electrons. The first-order chi connectivity index (χ1) is 12.0. The minimum atomic E-state index is -0.585. The van der Waals surface area contributed by atoms with Gasteiger partial charge in [-0.3, -0.25) is 4.79 Å². The van der Waals surface area contributed by atoms with Crippen molar-refractivity contribution in [3.8, 4) is 5.88 Å². The third kappa shape index (κ3) is 3.39. The molecule has 0 aliphatic rings. The first-order valence-electron chi connectivity index (χ1n) is 7.75. The van der Waals surface area contributed by atoms with Gasteiger partial charge in [-0.15, -0.1) is 11.3 Å². The first kappa shape index (κ1) is 17.1. The lowest BCUT2D eigenvalue weighted by atomic mass is 10.2. The van der Waals surface area contributed by atoms with Gasteiger partial charge in [0.2, 0.25) is 5.88 Å². The van der Waals surface area contributed by atoms with E-state index in [1.54, 1.807) is 19.1 Å². The van der Waals surface area contributed by atoms with E-state index >= 15 is 0 Å². The quantitative estimate of drug-likeness (QED) is 0.704. The van der Waals surface area contributed by atoms with Gasteiger partial charge in [-0.2, -0.15) is 0 Å². The van der Waals surface area contributed by atoms with Gasteiger partial charge >= 0.3 is 5.97 Å². The monoisotopic (exact) mass is 359 g/mol. The number of esters is 1. The number of pyridine rings is 1. The van der Waals surface area contributed by atoms with Crippen LogP contribution in [0.25, 0.3) is 10.2 Å². The number of rotatable bonds is 5. The molecule has 0 spiro atoms. The third-order valence-electron chi connectivity index (χ3n) is 3.70. The van der Waals surface area contributed by atoms with Gasteiger partial charge in [-0.05, 0) is 38.5 Å². The number of carbonyl (C=O) groups is 1. The van der Waals surface area contributed by atoms with E-state index in [0.29, 0.717) is 22.6 Å². The summed E-state index contributed by atoms with van der Waals surface area (Å²) in [7, 11) is 0. The summed E-state index contributed by atoms with van der Waals surface area (Å²) in [6.45, 7) is 5.89. The zero-order chi connectivity index (χ0) is 18.0. The number of aryl methyl sites for hydroxylation is 2. The Hall–Kier alpha value is -2.74. The molecule has 0 aliphatic heterocycles. The van der Waals surface area contributed by atoms with Crippen molar-refractivity contribution < 1.29 is 14.3 Å². The molecule has 0 aliphatic carbocycles. The number of fused-ring (bicyclic) bond motifs is 1. The van der Waals surface area contributed by atoms with E-state index in [-0.39, 0.29) is 23.6 Å². The van der Waals surface area contributed by atoms with E-state index < -0.39 is 5.97 Å². The van der Waals surface area contributed by atoms with E-state index in [1.165, 1.54) is 17.5 Å². The van der Waals surface area contributed by atoms with Crippen LogP contribution in [0, 0.1) is 13.8 Å². The van der Waals surface area contributed by atoms with Crippen LogP contribution in [0.5, 0.6) is 5.88 Å². The van der Waals surface area contributed by atoms with Gasteiger partial charge in [-0.1, -0.05) is 0 Å². The van der Waals surface area contributed by atoms with Crippen LogP contribution in [0.3, 0.4) is 0 Å². The Balaban J connectivity index is 1.81. The molecule has 3 aromatic rings. The standard InChI is InChI=1S/C17H17N3O4S/c1-4-23-15-11(6-5-7-18-15)17(22)24-8-12-19-14(21)13-9(2)10(3)25-16(13)20-12/h5-7H,4,8H2,1-3H3,(H,19,20,21). The van der Waals surface area contributed by atoms with Crippen LogP contribution in [-0.2, 0) is 11.3 Å². The van der Waals surface area contributed by atoms with Crippen LogP contribution in [0.4, 0.5) is 0 Å². The second kappa shape index (κ2) is 7.02. The van der Waals surface area contributed by atoms with Crippen molar-refractivity contribution in [3.05, 3.63) is 50.5 Å². The number of aromatic amines is 1. The fourth-order valence-corrected chi connectivity index (χ4v) is 3.43. The zero-order valence-electron chi connectivity index (χ0n) is 14.1. The Morgan fingerprint density at radius 3 is 2.92 bits per heavy atom. The fraction of sp³-hybridized carbons (Fsp3) is 0.294. The number of hydrogen-bond donors (Lipinski definition) is 1. The highest BCUT2D eigenvalue weighted by Crippen LogP contribution is 2.25. The van der Waals surface area contributed by atoms with Crippen LogP contribution in [0.1, 0.15) is 33.5 Å². The average molecular weight is 359 g/mol. The van der Waals surface area contributed by atoms with Gasteiger partial charge in [0.1, 0.15) is 22.8 Å². The van der Waals surface area contributed by atoms with Gasteiger partial charge in [0.25, 0.3) is 5.56 Å². The molecule has 0 saturated carbocycles. The highest BCUT2D eigenvalue weighted by molar-refractivity contribution is 7.18. The molecule has 0 amide bonds. The summed E-state index contributed by atoms with van der Waals surface area (Å²) >= 11 is 1.45. The Bertz CT molecular complexity index is 993. The van der Waals surface area contributed by atoms with Crippen molar-refractivity contribution in [1.82, 2.24) is 15.0 Å². The normalized spacial score (nSPS) is 10.8. The highest BCUT2D eigenvalue weighted by Gasteiger charge is 2.17. The predicted octanol–water partition coefficient (Wildman–Crippen LogP) is 2.75. The van der Waals surface area contributed by atoms with E-state index in [4.69, 9.17) is 9.47 Å². The molecule has 3 heterocycles. The number of ether oxygens (including phenoxy) is 2. The number of H-pyrrole nitrogens is 1. The smallest absolute Gasteiger partial charge is 0.344 e. The highest BCUT2D eigenvalue weighted by atomic mass is 32.1. The Morgan fingerprint density at radius 2 is 2.16 bits per heavy atom. The van der Waals surface area contributed by atoms with Crippen LogP contribution >= 0.6 is 11.3 Å². The van der Waals surface area contributed by atoms with Crippen LogP contribution in [0.2, 0.25) is 0 Å². The number of hydrogen-bond acceptors (Lipinski definition) is 7. The molecule has 7 nitrogen and oxygen atoms in total. The van der Waals surface area contributed by atoms with Crippen molar-refractivity contribution in [1.29, 1.82) is 0 Å².